The first kappa shape index (κ1) is 18.0. The van der Waals surface area contributed by atoms with E-state index in [-0.39, 0.29) is 18.4 Å². The lowest BCUT2D eigenvalue weighted by Crippen LogP contribution is -2.22. The van der Waals surface area contributed by atoms with Gasteiger partial charge in [0, 0.05) is 0 Å². The summed E-state index contributed by atoms with van der Waals surface area (Å²) in [7, 11) is 0. The van der Waals surface area contributed by atoms with Crippen molar-refractivity contribution >= 4 is 29.8 Å². The number of azo groups is 1. The van der Waals surface area contributed by atoms with Gasteiger partial charge >= 0.3 is 0 Å². The van der Waals surface area contributed by atoms with Crippen molar-refractivity contribution in [1.82, 2.24) is 0 Å². The number of nitrogens with two attached hydrogens (primary N) is 2. The smallest absolute Gasteiger partial charge is 0.242 e. The first-order valence-electron chi connectivity index (χ1n) is 5.50. The van der Waals surface area contributed by atoms with E-state index in [4.69, 9.17) is 22.0 Å². The van der Waals surface area contributed by atoms with Crippen LogP contribution in [0.2, 0.25) is 0 Å². The minimum Gasteiger partial charge on any atom is -0.369 e. The molecule has 108 valence electrons. The Bertz CT molecular complexity index is 615. The van der Waals surface area contributed by atoms with Gasteiger partial charge in [-0.2, -0.15) is 25.9 Å². The molecule has 0 saturated carbocycles. The number of guanidine groups is 1. The average molecular weight is 305 g/mol. The lowest BCUT2D eigenvalue weighted by Gasteiger charge is -1.99. The van der Waals surface area contributed by atoms with E-state index in [0.29, 0.717) is 11.4 Å². The second-order valence-corrected chi connectivity index (χ2v) is 3.63. The van der Waals surface area contributed by atoms with Gasteiger partial charge in [0.05, 0.1) is 11.4 Å². The second-order valence-electron chi connectivity index (χ2n) is 3.63. The molecule has 1 rings (SSSR count). The highest BCUT2D eigenvalue weighted by molar-refractivity contribution is 5.99. The number of nitrogens with zero attached hydrogens (tertiary/aromatic N) is 6. The Morgan fingerprint density at radius 3 is 2.14 bits per heavy atom. The summed E-state index contributed by atoms with van der Waals surface area (Å²) >= 11 is 0. The molecule has 0 amide bonds. The van der Waals surface area contributed by atoms with Crippen LogP contribution < -0.4 is 11.5 Å². The fraction of sp³-hybridized carbons (Fsp3) is 0.167. The van der Waals surface area contributed by atoms with Gasteiger partial charge in [0.15, 0.2) is 0 Å². The van der Waals surface area contributed by atoms with E-state index in [2.05, 4.69) is 20.4 Å². The summed E-state index contributed by atoms with van der Waals surface area (Å²) in [6.07, 6.45) is 0. The minimum atomic E-state index is -1.10. The fourth-order valence-corrected chi connectivity index (χ4v) is 1.16. The average Bonchev–Trinajstić information content (AvgIpc) is 2.46. The van der Waals surface area contributed by atoms with E-state index in [0.717, 1.165) is 5.56 Å². The molecule has 0 fully saturated rings. The maximum atomic E-state index is 8.55. The molecule has 0 heterocycles. The molecule has 9 heteroatoms. The predicted octanol–water partition coefficient (Wildman–Crippen LogP) is 1.61. The van der Waals surface area contributed by atoms with Gasteiger partial charge in [-0.15, -0.1) is 17.5 Å². The second kappa shape index (κ2) is 9.02. The molecule has 0 aliphatic heterocycles. The molecule has 0 radical (unpaired) electrons. The van der Waals surface area contributed by atoms with Gasteiger partial charge in [-0.3, -0.25) is 0 Å². The largest absolute Gasteiger partial charge is 0.369 e. The van der Waals surface area contributed by atoms with Crippen LogP contribution in [-0.2, 0) is 0 Å². The van der Waals surface area contributed by atoms with Crippen molar-refractivity contribution in [1.29, 1.82) is 10.5 Å². The van der Waals surface area contributed by atoms with Gasteiger partial charge in [-0.25, -0.2) is 0 Å². The van der Waals surface area contributed by atoms with Gasteiger partial charge in [-0.1, -0.05) is 12.1 Å². The van der Waals surface area contributed by atoms with Crippen molar-refractivity contribution < 1.29 is 0 Å². The lowest BCUT2D eigenvalue weighted by molar-refractivity contribution is 0.949. The van der Waals surface area contributed by atoms with Crippen LogP contribution in [0, 0.1) is 22.7 Å². The lowest BCUT2D eigenvalue weighted by atomic mass is 10.1. The van der Waals surface area contributed by atoms with Crippen molar-refractivity contribution in [3.05, 3.63) is 29.8 Å². The minimum absolute atomic E-state index is 0. The maximum absolute atomic E-state index is 8.55. The van der Waals surface area contributed by atoms with E-state index in [1.807, 2.05) is 0 Å². The van der Waals surface area contributed by atoms with Gasteiger partial charge in [0.2, 0.25) is 12.0 Å². The summed E-state index contributed by atoms with van der Waals surface area (Å²) < 4.78 is 0. The SMILES string of the molecule is C/C(=N\N=C(N)N)c1ccc(N=NC(C#N)C#N)cc1.Cl. The summed E-state index contributed by atoms with van der Waals surface area (Å²) in [6.45, 7) is 1.75. The van der Waals surface area contributed by atoms with Crippen molar-refractivity contribution in [2.45, 2.75) is 13.0 Å². The molecule has 0 aliphatic rings. The molecule has 0 unspecified atom stereocenters. The molecule has 0 aromatic heterocycles. The van der Waals surface area contributed by atoms with Crippen LogP contribution in [-0.4, -0.2) is 17.7 Å². The normalized spacial score (nSPS) is 10.6. The topological polar surface area (TPSA) is 149 Å². The molecule has 0 bridgehead atoms. The molecule has 0 spiro atoms. The van der Waals surface area contributed by atoms with Crippen molar-refractivity contribution in [3.8, 4) is 12.1 Å². The molecule has 0 aliphatic carbocycles. The third kappa shape index (κ3) is 6.14. The van der Waals surface area contributed by atoms with E-state index >= 15 is 0 Å². The monoisotopic (exact) mass is 304 g/mol. The Morgan fingerprint density at radius 1 is 1.10 bits per heavy atom. The summed E-state index contributed by atoms with van der Waals surface area (Å²) in [5.41, 5.74) is 12.3. The number of hydrogen-bond donors (Lipinski definition) is 2. The van der Waals surface area contributed by atoms with E-state index in [1.54, 1.807) is 43.3 Å². The zero-order valence-electron chi connectivity index (χ0n) is 11.1. The van der Waals surface area contributed by atoms with Crippen LogP contribution in [0.25, 0.3) is 0 Å². The molecule has 1 aromatic rings. The molecule has 0 saturated heterocycles. The Balaban J connectivity index is 0.00000400. The molecule has 8 nitrogen and oxygen atoms in total. The summed E-state index contributed by atoms with van der Waals surface area (Å²) in [6, 6.07) is 9.17. The van der Waals surface area contributed by atoms with Crippen LogP contribution >= 0.6 is 12.4 Å². The van der Waals surface area contributed by atoms with E-state index in [1.165, 1.54) is 0 Å². The summed E-state index contributed by atoms with van der Waals surface area (Å²) in [5, 5.41) is 31.9. The van der Waals surface area contributed by atoms with Gasteiger partial charge in [0.25, 0.3) is 0 Å². The predicted molar refractivity (Wildman–Crippen MR) is 81.2 cm³/mol. The van der Waals surface area contributed by atoms with Crippen LogP contribution in [0.5, 0.6) is 0 Å². The Kier molecular flexibility index (Phi) is 7.74. The number of benzene rings is 1. The van der Waals surface area contributed by atoms with Crippen molar-refractivity contribution in [3.63, 3.8) is 0 Å². The zero-order valence-corrected chi connectivity index (χ0v) is 11.9. The summed E-state index contributed by atoms with van der Waals surface area (Å²) in [4.78, 5) is 0. The van der Waals surface area contributed by atoms with Crippen LogP contribution in [0.15, 0.2) is 44.7 Å². The van der Waals surface area contributed by atoms with Gasteiger partial charge in [-0.05, 0) is 24.6 Å². The van der Waals surface area contributed by atoms with Crippen LogP contribution in [0.3, 0.4) is 0 Å². The number of hydrogen-bond acceptors (Lipinski definition) is 6. The van der Waals surface area contributed by atoms with E-state index < -0.39 is 6.04 Å². The third-order valence-electron chi connectivity index (χ3n) is 2.13. The number of rotatable bonds is 4. The fourth-order valence-electron chi connectivity index (χ4n) is 1.16. The highest BCUT2D eigenvalue weighted by Gasteiger charge is 2.01. The van der Waals surface area contributed by atoms with Crippen LogP contribution in [0.4, 0.5) is 5.69 Å². The molecule has 0 atom stereocenters. The Morgan fingerprint density at radius 2 is 1.67 bits per heavy atom. The number of halogens is 1. The summed E-state index contributed by atoms with van der Waals surface area (Å²) in [5.74, 6) is -0.117. The standard InChI is InChI=1S/C12H12N8.ClH/c1-8(17-20-12(15)16)9-2-4-10(5-3-9)18-19-11(6-13)7-14;/h2-5,11H,1H3,(H4,15,16,20);1H/b17-8+,19-18?;. The molecule has 1 aromatic carbocycles. The van der Waals surface area contributed by atoms with Crippen molar-refractivity contribution in [2.24, 2.45) is 31.9 Å². The van der Waals surface area contributed by atoms with Crippen molar-refractivity contribution in [2.75, 3.05) is 0 Å². The number of nitriles is 2. The van der Waals surface area contributed by atoms with Gasteiger partial charge < -0.3 is 11.5 Å². The maximum Gasteiger partial charge on any atom is 0.242 e. The first-order valence-corrected chi connectivity index (χ1v) is 5.50. The highest BCUT2D eigenvalue weighted by Crippen LogP contribution is 2.14. The third-order valence-corrected chi connectivity index (χ3v) is 2.13. The molecular formula is C12H13ClN8. The quantitative estimate of drug-likeness (QED) is 0.376. The Labute approximate surface area is 127 Å². The van der Waals surface area contributed by atoms with Crippen LogP contribution in [0.1, 0.15) is 12.5 Å². The molecule has 21 heavy (non-hydrogen) atoms. The highest BCUT2D eigenvalue weighted by atomic mass is 35.5. The van der Waals surface area contributed by atoms with Gasteiger partial charge in [0.1, 0.15) is 12.1 Å². The molecular weight excluding hydrogens is 292 g/mol. The first-order chi connectivity index (χ1) is 9.56. The van der Waals surface area contributed by atoms with E-state index in [9.17, 15) is 0 Å². The molecule has 4 N–H and O–H groups in total. The zero-order chi connectivity index (χ0) is 15.0. The Hall–Kier alpha value is -2.97.